The molecule has 0 saturated carbocycles. The van der Waals surface area contributed by atoms with Crippen LogP contribution in [0.25, 0.3) is 89.7 Å². The van der Waals surface area contributed by atoms with Gasteiger partial charge < -0.3 is 15.7 Å². The van der Waals surface area contributed by atoms with E-state index in [1.54, 1.807) is 0 Å². The van der Waals surface area contributed by atoms with Crippen LogP contribution in [0.3, 0.4) is 0 Å². The Morgan fingerprint density at radius 1 is 0.405 bits per heavy atom. The third-order valence-electron chi connectivity index (χ3n) is 7.61. The van der Waals surface area contributed by atoms with Crippen molar-refractivity contribution in [3.63, 3.8) is 0 Å². The summed E-state index contributed by atoms with van der Waals surface area (Å²) in [5.41, 5.74) is 13.2. The van der Waals surface area contributed by atoms with E-state index in [1.165, 1.54) is 0 Å². The van der Waals surface area contributed by atoms with Gasteiger partial charge in [-0.05, 0) is 6.07 Å². The second kappa shape index (κ2) is 9.09. The maximum atomic E-state index is 6.49. The SMILES string of the molecule is Nc1cccc2c3nc4nc(nc5[nH]c(nc6nc(nc([nH]3)c12)-c1ccccc1-6)c1ccccc51)-c1ccccc1-4.[Zn]. The number of nitrogens with one attached hydrogen (secondary N) is 2. The fraction of sp³-hybridized carbons (Fsp3) is 0. The smallest absolute Gasteiger partial charge is 0.164 e. The second-order valence-corrected chi connectivity index (χ2v) is 10.0. The third-order valence-corrected chi connectivity index (χ3v) is 7.61. The zero-order valence-electron chi connectivity index (χ0n) is 22.1. The first-order valence-electron chi connectivity index (χ1n) is 13.2. The van der Waals surface area contributed by atoms with Gasteiger partial charge in [-0.3, -0.25) is 0 Å². The van der Waals surface area contributed by atoms with Crippen molar-refractivity contribution in [3.05, 3.63) is 91.0 Å². The zero-order chi connectivity index (χ0) is 27.1. The quantitative estimate of drug-likeness (QED) is 0.136. The molecular formula is C32H19N9Zn. The number of benzene rings is 4. The molecule has 0 amide bonds. The Kier molecular flexibility index (Phi) is 5.29. The van der Waals surface area contributed by atoms with Gasteiger partial charge in [0.1, 0.15) is 22.6 Å². The number of aromatic amines is 2. The van der Waals surface area contributed by atoms with Crippen molar-refractivity contribution in [2.75, 3.05) is 5.73 Å². The molecular weight excluding hydrogens is 576 g/mol. The van der Waals surface area contributed by atoms with Crippen molar-refractivity contribution in [3.8, 4) is 45.6 Å². The largest absolute Gasteiger partial charge is 0.398 e. The van der Waals surface area contributed by atoms with E-state index in [0.29, 0.717) is 51.6 Å². The number of H-pyrrole nitrogens is 2. The van der Waals surface area contributed by atoms with E-state index in [2.05, 4.69) is 9.97 Å². The van der Waals surface area contributed by atoms with Crippen LogP contribution in [0.2, 0.25) is 0 Å². The molecule has 5 heterocycles. The molecule has 194 valence electrons. The Hall–Kier alpha value is -5.34. The summed E-state index contributed by atoms with van der Waals surface area (Å²) in [4.78, 5) is 36.7. The van der Waals surface area contributed by atoms with Crippen molar-refractivity contribution in [2.24, 2.45) is 0 Å². The van der Waals surface area contributed by atoms with E-state index in [1.807, 2.05) is 91.0 Å². The van der Waals surface area contributed by atoms with Crippen LogP contribution in [0.5, 0.6) is 0 Å². The van der Waals surface area contributed by atoms with E-state index >= 15 is 0 Å². The van der Waals surface area contributed by atoms with Crippen LogP contribution < -0.4 is 5.73 Å². The summed E-state index contributed by atoms with van der Waals surface area (Å²) in [5.74, 6) is 2.25. The predicted octanol–water partition coefficient (Wildman–Crippen LogP) is 6.45. The predicted molar refractivity (Wildman–Crippen MR) is 160 cm³/mol. The molecule has 0 aliphatic carbocycles. The van der Waals surface area contributed by atoms with E-state index < -0.39 is 0 Å². The topological polar surface area (TPSA) is 135 Å². The van der Waals surface area contributed by atoms with E-state index in [4.69, 9.17) is 35.6 Å². The van der Waals surface area contributed by atoms with Gasteiger partial charge in [0.05, 0.1) is 5.39 Å². The first-order valence-corrected chi connectivity index (χ1v) is 13.2. The summed E-state index contributed by atoms with van der Waals surface area (Å²) in [5, 5.41) is 3.51. The van der Waals surface area contributed by atoms with Gasteiger partial charge in [0.15, 0.2) is 23.3 Å². The van der Waals surface area contributed by atoms with Crippen LogP contribution >= 0.6 is 0 Å². The number of nitrogens with zero attached hydrogens (tertiary/aromatic N) is 6. The molecule has 2 aliphatic heterocycles. The minimum atomic E-state index is 0. The number of nitrogens with two attached hydrogens (primary N) is 1. The molecule has 4 aromatic carbocycles. The Balaban J connectivity index is 0.00000267. The normalized spacial score (nSPS) is 11.7. The number of hydrogen-bond donors (Lipinski definition) is 3. The third kappa shape index (κ3) is 3.52. The van der Waals surface area contributed by atoms with Gasteiger partial charge in [0.25, 0.3) is 0 Å². The van der Waals surface area contributed by atoms with Gasteiger partial charge in [-0.25, -0.2) is 29.9 Å². The standard InChI is InChI=1S/C32H19N9.Zn/c33-23-15-7-14-22-24(23)32-40-30-21-13-6-5-12-20(21)28(38-30)36-26-17-9-2-1-8-16(17)25(34-26)35-27-18-10-3-4-11-19(18)29(37-27)39-31(22)41-32;/h1-15H,33H2,(H2,34,35,36,37,38,39,40,41);. The molecule has 9 rings (SSSR count). The summed E-state index contributed by atoms with van der Waals surface area (Å²) < 4.78 is 0. The average molecular weight is 595 g/mol. The summed E-state index contributed by atoms with van der Waals surface area (Å²) in [7, 11) is 0. The second-order valence-electron chi connectivity index (χ2n) is 10.0. The Bertz CT molecular complexity index is 2400. The van der Waals surface area contributed by atoms with Crippen molar-refractivity contribution in [1.82, 2.24) is 39.9 Å². The molecule has 0 spiro atoms. The first-order chi connectivity index (χ1) is 20.2. The minimum absolute atomic E-state index is 0. The summed E-state index contributed by atoms with van der Waals surface area (Å²) in [6.45, 7) is 0. The van der Waals surface area contributed by atoms with Crippen LogP contribution in [0.15, 0.2) is 91.0 Å². The van der Waals surface area contributed by atoms with Crippen molar-refractivity contribution < 1.29 is 19.5 Å². The number of hydrogen-bond acceptors (Lipinski definition) is 7. The molecule has 0 saturated heterocycles. The summed E-state index contributed by atoms with van der Waals surface area (Å²) in [6, 6.07) is 29.7. The zero-order valence-corrected chi connectivity index (χ0v) is 25.1. The molecule has 4 N–H and O–H groups in total. The molecule has 10 heteroatoms. The van der Waals surface area contributed by atoms with Crippen molar-refractivity contribution in [1.29, 1.82) is 0 Å². The maximum absolute atomic E-state index is 6.49. The minimum Gasteiger partial charge on any atom is -0.398 e. The Labute approximate surface area is 250 Å². The van der Waals surface area contributed by atoms with Gasteiger partial charge in [0.2, 0.25) is 0 Å². The van der Waals surface area contributed by atoms with Crippen molar-refractivity contribution in [2.45, 2.75) is 0 Å². The maximum Gasteiger partial charge on any atom is 0.164 e. The first kappa shape index (κ1) is 24.5. The fourth-order valence-electron chi connectivity index (χ4n) is 5.72. The molecule has 9 nitrogen and oxygen atoms in total. The van der Waals surface area contributed by atoms with Gasteiger partial charge in [-0.1, -0.05) is 84.9 Å². The van der Waals surface area contributed by atoms with Crippen LogP contribution in [-0.4, -0.2) is 39.9 Å². The number of nitrogen functional groups attached to an aromatic ring is 1. The molecule has 7 aromatic rings. The molecule has 3 aromatic heterocycles. The number of aromatic nitrogens is 8. The molecule has 8 bridgehead atoms. The van der Waals surface area contributed by atoms with Crippen LogP contribution in [0.1, 0.15) is 0 Å². The van der Waals surface area contributed by atoms with Crippen LogP contribution in [0.4, 0.5) is 5.69 Å². The van der Waals surface area contributed by atoms with Crippen LogP contribution in [0, 0.1) is 0 Å². The van der Waals surface area contributed by atoms with Gasteiger partial charge >= 0.3 is 0 Å². The Morgan fingerprint density at radius 3 is 1.29 bits per heavy atom. The Morgan fingerprint density at radius 2 is 0.786 bits per heavy atom. The van der Waals surface area contributed by atoms with Gasteiger partial charge in [-0.15, -0.1) is 0 Å². The molecule has 2 aliphatic rings. The monoisotopic (exact) mass is 593 g/mol. The molecule has 0 atom stereocenters. The van der Waals surface area contributed by atoms with Gasteiger partial charge in [0, 0.05) is 63.6 Å². The fourth-order valence-corrected chi connectivity index (χ4v) is 5.72. The average Bonchev–Trinajstić information content (AvgIpc) is 3.73. The van der Waals surface area contributed by atoms with Crippen molar-refractivity contribution >= 4 is 49.8 Å². The molecule has 42 heavy (non-hydrogen) atoms. The number of fused-ring (bicyclic) bond motifs is 20. The molecule has 0 radical (unpaired) electrons. The number of rotatable bonds is 0. The summed E-state index contributed by atoms with van der Waals surface area (Å²) in [6.07, 6.45) is 0. The molecule has 0 unspecified atom stereocenters. The summed E-state index contributed by atoms with van der Waals surface area (Å²) >= 11 is 0. The molecule has 0 fully saturated rings. The van der Waals surface area contributed by atoms with Gasteiger partial charge in [-0.2, -0.15) is 0 Å². The van der Waals surface area contributed by atoms with Crippen LogP contribution in [-0.2, 0) is 19.5 Å². The van der Waals surface area contributed by atoms with E-state index in [0.717, 1.165) is 43.8 Å². The number of anilines is 1. The van der Waals surface area contributed by atoms with E-state index in [9.17, 15) is 0 Å². The van der Waals surface area contributed by atoms with E-state index in [-0.39, 0.29) is 19.5 Å².